The summed E-state index contributed by atoms with van der Waals surface area (Å²) in [6, 6.07) is 4.08. The van der Waals surface area contributed by atoms with Crippen LogP contribution in [0.25, 0.3) is 0 Å². The number of benzene rings is 1. The number of carbonyl (C=O) groups is 2. The number of halogens is 1. The molecule has 0 fully saturated rings. The molecule has 0 radical (unpaired) electrons. The largest absolute Gasteiger partial charge is 0.507 e. The van der Waals surface area contributed by atoms with Crippen molar-refractivity contribution < 1.29 is 14.7 Å². The predicted octanol–water partition coefficient (Wildman–Crippen LogP) is 1.64. The van der Waals surface area contributed by atoms with E-state index in [-0.39, 0.29) is 17.2 Å². The maximum absolute atomic E-state index is 12.0. The average Bonchev–Trinajstić information content (AvgIpc) is 2.38. The first kappa shape index (κ1) is 15.7. The van der Waals surface area contributed by atoms with Gasteiger partial charge in [-0.15, -0.1) is 0 Å². The predicted molar refractivity (Wildman–Crippen MR) is 81.1 cm³/mol. The van der Waals surface area contributed by atoms with Crippen LogP contribution < -0.4 is 10.6 Å². The van der Waals surface area contributed by atoms with Gasteiger partial charge in [-0.25, -0.2) is 0 Å². The van der Waals surface area contributed by atoms with Crippen molar-refractivity contribution in [3.8, 4) is 5.75 Å². The molecule has 0 spiro atoms. The van der Waals surface area contributed by atoms with E-state index in [0.717, 1.165) is 9.99 Å². The second-order valence-corrected chi connectivity index (χ2v) is 5.39. The summed E-state index contributed by atoms with van der Waals surface area (Å²) in [5.41, 5.74) is 0.169. The lowest BCUT2D eigenvalue weighted by molar-refractivity contribution is -0.122. The molecule has 6 heteroatoms. The van der Waals surface area contributed by atoms with Crippen molar-refractivity contribution in [3.63, 3.8) is 0 Å². The fourth-order valence-corrected chi connectivity index (χ4v) is 1.92. The Morgan fingerprint density at radius 3 is 2.74 bits per heavy atom. The van der Waals surface area contributed by atoms with Crippen LogP contribution >= 0.6 is 22.6 Å². The SMILES string of the molecule is CCCNC(=O)C(C)NC(=O)c1cc(I)ccc1O. The van der Waals surface area contributed by atoms with E-state index in [4.69, 9.17) is 0 Å². The molecule has 3 N–H and O–H groups in total. The molecule has 5 nitrogen and oxygen atoms in total. The molecule has 0 saturated carbocycles. The van der Waals surface area contributed by atoms with Crippen molar-refractivity contribution in [2.24, 2.45) is 0 Å². The highest BCUT2D eigenvalue weighted by atomic mass is 127. The number of amides is 2. The Morgan fingerprint density at radius 2 is 2.11 bits per heavy atom. The molecule has 0 aliphatic carbocycles. The van der Waals surface area contributed by atoms with E-state index in [1.54, 1.807) is 19.1 Å². The van der Waals surface area contributed by atoms with Gasteiger partial charge in [0.25, 0.3) is 5.91 Å². The first-order valence-corrected chi connectivity index (χ1v) is 7.10. The van der Waals surface area contributed by atoms with Gasteiger partial charge in [0, 0.05) is 10.1 Å². The number of hydrogen-bond donors (Lipinski definition) is 3. The first-order chi connectivity index (χ1) is 8.95. The number of hydrogen-bond acceptors (Lipinski definition) is 3. The molecule has 1 unspecified atom stereocenters. The van der Waals surface area contributed by atoms with E-state index in [2.05, 4.69) is 33.2 Å². The highest BCUT2D eigenvalue weighted by Crippen LogP contribution is 2.19. The van der Waals surface area contributed by atoms with Crippen LogP contribution in [0.3, 0.4) is 0 Å². The molecule has 0 heterocycles. The number of aromatic hydroxyl groups is 1. The molecule has 0 aliphatic rings. The molecule has 1 aromatic carbocycles. The number of phenols is 1. The Kier molecular flexibility index (Phi) is 6.07. The first-order valence-electron chi connectivity index (χ1n) is 6.02. The molecule has 104 valence electrons. The summed E-state index contributed by atoms with van der Waals surface area (Å²) in [4.78, 5) is 23.6. The van der Waals surface area contributed by atoms with Gasteiger partial charge in [0.15, 0.2) is 0 Å². The molecule has 1 atom stereocenters. The summed E-state index contributed by atoms with van der Waals surface area (Å²) < 4.78 is 0.837. The third-order valence-corrected chi connectivity index (χ3v) is 3.16. The minimum atomic E-state index is -0.642. The van der Waals surface area contributed by atoms with Crippen molar-refractivity contribution in [1.29, 1.82) is 0 Å². The van der Waals surface area contributed by atoms with E-state index in [1.807, 2.05) is 6.92 Å². The summed E-state index contributed by atoms with van der Waals surface area (Å²) >= 11 is 2.05. The topological polar surface area (TPSA) is 78.4 Å². The van der Waals surface area contributed by atoms with E-state index in [1.165, 1.54) is 6.07 Å². The zero-order valence-electron chi connectivity index (χ0n) is 10.9. The normalized spacial score (nSPS) is 11.7. The second kappa shape index (κ2) is 7.32. The molecule has 0 aliphatic heterocycles. The maximum Gasteiger partial charge on any atom is 0.255 e. The van der Waals surface area contributed by atoms with Gasteiger partial charge in [-0.2, -0.15) is 0 Å². The number of phenolic OH excluding ortho intramolecular Hbond substituents is 1. The van der Waals surface area contributed by atoms with Gasteiger partial charge in [0.1, 0.15) is 11.8 Å². The lowest BCUT2D eigenvalue weighted by Crippen LogP contribution is -2.45. The fraction of sp³-hybridized carbons (Fsp3) is 0.385. The highest BCUT2D eigenvalue weighted by molar-refractivity contribution is 14.1. The summed E-state index contributed by atoms with van der Waals surface area (Å²) in [5.74, 6) is -0.797. The van der Waals surface area contributed by atoms with Gasteiger partial charge >= 0.3 is 0 Å². The minimum absolute atomic E-state index is 0.0981. The van der Waals surface area contributed by atoms with Crippen LogP contribution in [0.1, 0.15) is 30.6 Å². The molecule has 0 bridgehead atoms. The lowest BCUT2D eigenvalue weighted by atomic mass is 10.1. The third kappa shape index (κ3) is 4.70. The number of rotatable bonds is 5. The molecule has 1 rings (SSSR count). The Labute approximate surface area is 125 Å². The smallest absolute Gasteiger partial charge is 0.255 e. The second-order valence-electron chi connectivity index (χ2n) is 4.15. The zero-order chi connectivity index (χ0) is 14.4. The van der Waals surface area contributed by atoms with Crippen LogP contribution in [0.4, 0.5) is 0 Å². The molecule has 1 aromatic rings. The molecule has 19 heavy (non-hydrogen) atoms. The zero-order valence-corrected chi connectivity index (χ0v) is 13.0. The lowest BCUT2D eigenvalue weighted by Gasteiger charge is -2.14. The summed E-state index contributed by atoms with van der Waals surface area (Å²) in [7, 11) is 0. The van der Waals surface area contributed by atoms with Crippen LogP contribution in [0.2, 0.25) is 0 Å². The third-order valence-electron chi connectivity index (χ3n) is 2.49. The van der Waals surface area contributed by atoms with E-state index >= 15 is 0 Å². The van der Waals surface area contributed by atoms with Gasteiger partial charge in [0.05, 0.1) is 5.56 Å². The minimum Gasteiger partial charge on any atom is -0.507 e. The van der Waals surface area contributed by atoms with Crippen LogP contribution in [0, 0.1) is 3.57 Å². The van der Waals surface area contributed by atoms with Crippen LogP contribution in [-0.4, -0.2) is 29.5 Å². The van der Waals surface area contributed by atoms with Crippen molar-refractivity contribution in [3.05, 3.63) is 27.3 Å². The van der Waals surface area contributed by atoms with E-state index in [0.29, 0.717) is 6.54 Å². The Morgan fingerprint density at radius 1 is 1.42 bits per heavy atom. The van der Waals surface area contributed by atoms with Gasteiger partial charge in [0.2, 0.25) is 5.91 Å². The van der Waals surface area contributed by atoms with Crippen LogP contribution in [0.5, 0.6) is 5.75 Å². The van der Waals surface area contributed by atoms with E-state index in [9.17, 15) is 14.7 Å². The van der Waals surface area contributed by atoms with E-state index < -0.39 is 11.9 Å². The van der Waals surface area contributed by atoms with Gasteiger partial charge in [-0.1, -0.05) is 6.92 Å². The summed E-state index contributed by atoms with van der Waals surface area (Å²) in [6.07, 6.45) is 0.837. The average molecular weight is 376 g/mol. The van der Waals surface area contributed by atoms with Crippen molar-refractivity contribution >= 4 is 34.4 Å². The molecule has 0 aromatic heterocycles. The maximum atomic E-state index is 12.0. The molecule has 0 saturated heterocycles. The fourth-order valence-electron chi connectivity index (χ4n) is 1.43. The van der Waals surface area contributed by atoms with Gasteiger partial charge in [-0.05, 0) is 54.1 Å². The van der Waals surface area contributed by atoms with Crippen molar-refractivity contribution in [2.75, 3.05) is 6.54 Å². The molecular formula is C13H17IN2O3. The summed E-state index contributed by atoms with van der Waals surface area (Å²) in [5, 5.41) is 14.9. The Balaban J connectivity index is 2.68. The standard InChI is InChI=1S/C13H17IN2O3/c1-3-6-15-12(18)8(2)16-13(19)10-7-9(14)4-5-11(10)17/h4-5,7-8,17H,3,6H2,1-2H3,(H,15,18)(H,16,19). The highest BCUT2D eigenvalue weighted by Gasteiger charge is 2.18. The number of nitrogens with one attached hydrogen (secondary N) is 2. The van der Waals surface area contributed by atoms with Crippen LogP contribution in [0.15, 0.2) is 18.2 Å². The van der Waals surface area contributed by atoms with Crippen molar-refractivity contribution in [1.82, 2.24) is 10.6 Å². The Bertz CT molecular complexity index is 477. The van der Waals surface area contributed by atoms with Gasteiger partial charge < -0.3 is 15.7 Å². The Hall–Kier alpha value is -1.31. The monoisotopic (exact) mass is 376 g/mol. The van der Waals surface area contributed by atoms with Crippen molar-refractivity contribution in [2.45, 2.75) is 26.3 Å². The number of carbonyl (C=O) groups excluding carboxylic acids is 2. The molecular weight excluding hydrogens is 359 g/mol. The van der Waals surface area contributed by atoms with Gasteiger partial charge in [-0.3, -0.25) is 9.59 Å². The quantitative estimate of drug-likeness (QED) is 0.684. The summed E-state index contributed by atoms with van der Waals surface area (Å²) in [6.45, 7) is 4.13. The molecule has 2 amide bonds. The van der Waals surface area contributed by atoms with Crippen LogP contribution in [-0.2, 0) is 4.79 Å².